The summed E-state index contributed by atoms with van der Waals surface area (Å²) >= 11 is 0. The molecule has 1 aliphatic rings. The third-order valence-corrected chi connectivity index (χ3v) is 5.89. The summed E-state index contributed by atoms with van der Waals surface area (Å²) in [5.41, 5.74) is 4.45. The average Bonchev–Trinajstić information content (AvgIpc) is 3.11. The van der Waals surface area contributed by atoms with Gasteiger partial charge in [0.25, 0.3) is 0 Å². The summed E-state index contributed by atoms with van der Waals surface area (Å²) in [5, 5.41) is 12.4. The Bertz CT molecular complexity index is 890. The molecule has 1 saturated heterocycles. The number of carbonyl (C=O) groups is 1. The van der Waals surface area contributed by atoms with Gasteiger partial charge >= 0.3 is 0 Å². The molecule has 3 N–H and O–H groups in total. The Morgan fingerprint density at radius 2 is 2.07 bits per heavy atom. The van der Waals surface area contributed by atoms with Crippen LogP contribution >= 0.6 is 0 Å². The number of aromatic nitrogens is 2. The minimum Gasteiger partial charge on any atom is -0.342 e. The standard InChI is InChI=1S/C19H26N4O3S/c1-14-6-8-15(9-7-14)17-12-21-22-19(17)16-4-2-10-23(13-16)18(24)5-3-11-27(20,25)26/h6-9,12,16H,2-5,10-11,13H2,1H3,(H,21,22)(H2,20,25,26). The van der Waals surface area contributed by atoms with Gasteiger partial charge in [-0.05, 0) is 31.7 Å². The van der Waals surface area contributed by atoms with Gasteiger partial charge in [-0.1, -0.05) is 29.8 Å². The monoisotopic (exact) mass is 390 g/mol. The molecular formula is C19H26N4O3S. The predicted molar refractivity (Wildman–Crippen MR) is 105 cm³/mol. The van der Waals surface area contributed by atoms with Crippen LogP contribution in [0.4, 0.5) is 0 Å². The van der Waals surface area contributed by atoms with E-state index in [9.17, 15) is 13.2 Å². The highest BCUT2D eigenvalue weighted by molar-refractivity contribution is 7.89. The molecular weight excluding hydrogens is 364 g/mol. The number of H-pyrrole nitrogens is 1. The minimum atomic E-state index is -3.52. The van der Waals surface area contributed by atoms with Crippen molar-refractivity contribution in [1.82, 2.24) is 15.1 Å². The van der Waals surface area contributed by atoms with Gasteiger partial charge in [-0.25, -0.2) is 13.6 Å². The van der Waals surface area contributed by atoms with E-state index in [-0.39, 0.29) is 30.4 Å². The molecule has 2 heterocycles. The van der Waals surface area contributed by atoms with Crippen LogP contribution in [0.3, 0.4) is 0 Å². The number of nitrogens with one attached hydrogen (secondary N) is 1. The first-order chi connectivity index (χ1) is 12.8. The normalized spacial score (nSPS) is 17.9. The maximum atomic E-state index is 12.5. The molecule has 146 valence electrons. The summed E-state index contributed by atoms with van der Waals surface area (Å²) < 4.78 is 22.1. The first-order valence-electron chi connectivity index (χ1n) is 9.22. The van der Waals surface area contributed by atoms with E-state index in [1.165, 1.54) is 5.56 Å². The van der Waals surface area contributed by atoms with Crippen molar-refractivity contribution in [2.75, 3.05) is 18.8 Å². The zero-order valence-corrected chi connectivity index (χ0v) is 16.3. The highest BCUT2D eigenvalue weighted by atomic mass is 32.2. The lowest BCUT2D eigenvalue weighted by atomic mass is 9.90. The first kappa shape index (κ1) is 19.6. The van der Waals surface area contributed by atoms with Crippen molar-refractivity contribution in [3.05, 3.63) is 41.7 Å². The molecule has 0 radical (unpaired) electrons. The Morgan fingerprint density at radius 3 is 2.78 bits per heavy atom. The number of hydrogen-bond donors (Lipinski definition) is 2. The highest BCUT2D eigenvalue weighted by Crippen LogP contribution is 2.33. The van der Waals surface area contributed by atoms with Crippen LogP contribution in [0.15, 0.2) is 30.5 Å². The predicted octanol–water partition coefficient (Wildman–Crippen LogP) is 2.16. The number of nitrogens with zero attached hydrogens (tertiary/aromatic N) is 2. The Hall–Kier alpha value is -2.19. The van der Waals surface area contributed by atoms with Crippen molar-refractivity contribution < 1.29 is 13.2 Å². The van der Waals surface area contributed by atoms with Gasteiger partial charge in [0.15, 0.2) is 0 Å². The zero-order valence-electron chi connectivity index (χ0n) is 15.5. The Kier molecular flexibility index (Phi) is 5.96. The molecule has 1 unspecified atom stereocenters. The van der Waals surface area contributed by atoms with Crippen LogP contribution in [0, 0.1) is 6.92 Å². The number of aryl methyl sites for hydroxylation is 1. The Morgan fingerprint density at radius 1 is 1.33 bits per heavy atom. The number of benzene rings is 1. The molecule has 0 saturated carbocycles. The lowest BCUT2D eigenvalue weighted by Crippen LogP contribution is -2.39. The van der Waals surface area contributed by atoms with Crippen molar-refractivity contribution in [3.63, 3.8) is 0 Å². The molecule has 1 aliphatic heterocycles. The van der Waals surface area contributed by atoms with Gasteiger partial charge in [0.1, 0.15) is 0 Å². The van der Waals surface area contributed by atoms with Crippen molar-refractivity contribution in [2.24, 2.45) is 5.14 Å². The molecule has 0 aliphatic carbocycles. The third kappa shape index (κ3) is 5.17. The molecule has 0 spiro atoms. The summed E-state index contributed by atoms with van der Waals surface area (Å²) in [7, 11) is -3.52. The number of likely N-dealkylation sites (tertiary alicyclic amines) is 1. The van der Waals surface area contributed by atoms with E-state index in [4.69, 9.17) is 5.14 Å². The number of piperidine rings is 1. The number of amides is 1. The quantitative estimate of drug-likeness (QED) is 0.787. The number of carbonyl (C=O) groups excluding carboxylic acids is 1. The van der Waals surface area contributed by atoms with E-state index in [2.05, 4.69) is 41.4 Å². The van der Waals surface area contributed by atoms with Crippen molar-refractivity contribution in [2.45, 2.75) is 38.5 Å². The molecule has 27 heavy (non-hydrogen) atoms. The molecule has 8 heteroatoms. The van der Waals surface area contributed by atoms with Crippen LogP contribution in [-0.4, -0.2) is 48.3 Å². The van der Waals surface area contributed by atoms with Crippen LogP contribution in [0.2, 0.25) is 0 Å². The minimum absolute atomic E-state index is 0.0141. The SMILES string of the molecule is Cc1ccc(-c2cn[nH]c2C2CCCN(C(=O)CCCS(N)(=O)=O)C2)cc1. The van der Waals surface area contributed by atoms with Crippen LogP contribution in [0.5, 0.6) is 0 Å². The van der Waals surface area contributed by atoms with E-state index in [1.807, 2.05) is 11.1 Å². The number of hydrogen-bond acceptors (Lipinski definition) is 4. The summed E-state index contributed by atoms with van der Waals surface area (Å²) in [6.45, 7) is 3.38. The molecule has 1 fully saturated rings. The first-order valence-corrected chi connectivity index (χ1v) is 10.9. The molecule has 2 aromatic rings. The Balaban J connectivity index is 1.67. The van der Waals surface area contributed by atoms with Crippen molar-refractivity contribution >= 4 is 15.9 Å². The second-order valence-corrected chi connectivity index (χ2v) is 8.95. The van der Waals surface area contributed by atoms with Crippen LogP contribution in [0.1, 0.15) is 42.9 Å². The number of sulfonamides is 1. The smallest absolute Gasteiger partial charge is 0.222 e. The lowest BCUT2D eigenvalue weighted by molar-refractivity contribution is -0.132. The second kappa shape index (κ2) is 8.22. The summed E-state index contributed by atoms with van der Waals surface area (Å²) in [6, 6.07) is 8.33. The van der Waals surface area contributed by atoms with E-state index in [1.54, 1.807) is 0 Å². The Labute approximate surface area is 160 Å². The molecule has 1 atom stereocenters. The molecule has 1 aromatic carbocycles. The summed E-state index contributed by atoms with van der Waals surface area (Å²) in [5.74, 6) is 0.0215. The van der Waals surface area contributed by atoms with Crippen molar-refractivity contribution in [1.29, 1.82) is 0 Å². The van der Waals surface area contributed by atoms with Gasteiger partial charge < -0.3 is 4.90 Å². The maximum absolute atomic E-state index is 12.5. The fourth-order valence-electron chi connectivity index (χ4n) is 3.59. The number of rotatable bonds is 6. The second-order valence-electron chi connectivity index (χ2n) is 7.21. The van der Waals surface area contributed by atoms with Crippen LogP contribution in [-0.2, 0) is 14.8 Å². The highest BCUT2D eigenvalue weighted by Gasteiger charge is 2.27. The molecule has 1 aromatic heterocycles. The fraction of sp³-hybridized carbons (Fsp3) is 0.474. The van der Waals surface area contributed by atoms with E-state index in [0.29, 0.717) is 13.1 Å². The van der Waals surface area contributed by atoms with E-state index >= 15 is 0 Å². The molecule has 3 rings (SSSR count). The van der Waals surface area contributed by atoms with Gasteiger partial charge in [-0.3, -0.25) is 9.89 Å². The molecule has 0 bridgehead atoms. The molecule has 1 amide bonds. The maximum Gasteiger partial charge on any atom is 0.222 e. The van der Waals surface area contributed by atoms with Gasteiger partial charge in [0, 0.05) is 36.7 Å². The van der Waals surface area contributed by atoms with Crippen LogP contribution < -0.4 is 5.14 Å². The largest absolute Gasteiger partial charge is 0.342 e. The van der Waals surface area contributed by atoms with Gasteiger partial charge in [-0.2, -0.15) is 5.10 Å². The van der Waals surface area contributed by atoms with E-state index < -0.39 is 10.0 Å². The zero-order chi connectivity index (χ0) is 19.4. The summed E-state index contributed by atoms with van der Waals surface area (Å²) in [6.07, 6.45) is 4.21. The van der Waals surface area contributed by atoms with Crippen LogP contribution in [0.25, 0.3) is 11.1 Å². The third-order valence-electron chi connectivity index (χ3n) is 5.03. The van der Waals surface area contributed by atoms with Gasteiger partial charge in [0.2, 0.25) is 15.9 Å². The van der Waals surface area contributed by atoms with Crippen molar-refractivity contribution in [3.8, 4) is 11.1 Å². The van der Waals surface area contributed by atoms with Gasteiger partial charge in [-0.15, -0.1) is 0 Å². The summed E-state index contributed by atoms with van der Waals surface area (Å²) in [4.78, 5) is 14.3. The number of aromatic amines is 1. The average molecular weight is 391 g/mol. The number of nitrogens with two attached hydrogens (primary N) is 1. The van der Waals surface area contributed by atoms with Gasteiger partial charge in [0.05, 0.1) is 11.9 Å². The lowest BCUT2D eigenvalue weighted by Gasteiger charge is -2.33. The fourth-order valence-corrected chi connectivity index (χ4v) is 4.14. The molecule has 7 nitrogen and oxygen atoms in total. The number of primary sulfonamides is 1. The topological polar surface area (TPSA) is 109 Å². The van der Waals surface area contributed by atoms with E-state index in [0.717, 1.165) is 29.7 Å².